The number of aromatic nitrogens is 3. The summed E-state index contributed by atoms with van der Waals surface area (Å²) in [7, 11) is 0. The van der Waals surface area contributed by atoms with E-state index in [4.69, 9.17) is 4.74 Å². The lowest BCUT2D eigenvalue weighted by Gasteiger charge is -2.26. The molecule has 0 saturated carbocycles. The van der Waals surface area contributed by atoms with Gasteiger partial charge in [-0.1, -0.05) is 6.07 Å². The van der Waals surface area contributed by atoms with E-state index in [-0.39, 0.29) is 29.3 Å². The molecule has 2 aliphatic rings. The molecule has 33 heavy (non-hydrogen) atoms. The second kappa shape index (κ2) is 8.97. The van der Waals surface area contributed by atoms with Gasteiger partial charge >= 0.3 is 0 Å². The van der Waals surface area contributed by atoms with Crippen LogP contribution in [0, 0.1) is 17.1 Å². The molecule has 1 fully saturated rings. The monoisotopic (exact) mass is 447 g/mol. The number of hydrogen-bond donors (Lipinski definition) is 2. The number of ether oxygens (including phenoxy) is 1. The molecule has 1 aromatic carbocycles. The van der Waals surface area contributed by atoms with Crippen LogP contribution in [-0.4, -0.2) is 65.0 Å². The Morgan fingerprint density at radius 1 is 1.24 bits per heavy atom. The van der Waals surface area contributed by atoms with Crippen molar-refractivity contribution in [2.24, 2.45) is 0 Å². The normalized spacial score (nSPS) is 15.7. The van der Waals surface area contributed by atoms with Gasteiger partial charge in [-0.3, -0.25) is 9.69 Å². The average Bonchev–Trinajstić information content (AvgIpc) is 3.46. The smallest absolute Gasteiger partial charge is 0.255 e. The third-order valence-corrected chi connectivity index (χ3v) is 5.78. The lowest BCUT2D eigenvalue weighted by Crippen LogP contribution is -2.39. The highest BCUT2D eigenvalue weighted by atomic mass is 19.1. The molecular formula is C23H22FN7O2. The maximum absolute atomic E-state index is 14.7. The van der Waals surface area contributed by atoms with Crippen LogP contribution in [0.4, 0.5) is 10.2 Å². The molecule has 1 amide bonds. The quantitative estimate of drug-likeness (QED) is 0.594. The first kappa shape index (κ1) is 21.1. The van der Waals surface area contributed by atoms with E-state index in [1.54, 1.807) is 23.0 Å². The number of carbonyl (C=O) groups is 1. The molecule has 2 aromatic heterocycles. The van der Waals surface area contributed by atoms with Gasteiger partial charge in [-0.25, -0.2) is 14.1 Å². The van der Waals surface area contributed by atoms with Crippen molar-refractivity contribution in [3.63, 3.8) is 0 Å². The molecule has 0 unspecified atom stereocenters. The van der Waals surface area contributed by atoms with E-state index in [0.29, 0.717) is 22.8 Å². The minimum absolute atomic E-state index is 0.111. The Labute approximate surface area is 189 Å². The predicted molar refractivity (Wildman–Crippen MR) is 118 cm³/mol. The van der Waals surface area contributed by atoms with Crippen LogP contribution < -0.4 is 10.6 Å². The number of nitriles is 1. The maximum Gasteiger partial charge on any atom is 0.255 e. The van der Waals surface area contributed by atoms with E-state index >= 15 is 0 Å². The fourth-order valence-corrected chi connectivity index (χ4v) is 4.12. The summed E-state index contributed by atoms with van der Waals surface area (Å²) in [5.74, 6) is -0.140. The number of nitrogens with one attached hydrogen (secondary N) is 2. The van der Waals surface area contributed by atoms with E-state index < -0.39 is 5.82 Å². The van der Waals surface area contributed by atoms with Gasteiger partial charge in [-0.15, -0.1) is 0 Å². The average molecular weight is 447 g/mol. The second-order valence-electron chi connectivity index (χ2n) is 7.83. The Morgan fingerprint density at radius 2 is 2.09 bits per heavy atom. The van der Waals surface area contributed by atoms with Crippen molar-refractivity contribution in [2.45, 2.75) is 6.54 Å². The van der Waals surface area contributed by atoms with Crippen molar-refractivity contribution < 1.29 is 13.9 Å². The summed E-state index contributed by atoms with van der Waals surface area (Å²) in [4.78, 5) is 19.3. The SMILES string of the molecule is N#Cc1cccc(F)c1-c1cc(-n2ccc(NCCN3CCOCC3)n2)c2c(n1)CNC2=O. The molecule has 5 rings (SSSR count). The molecule has 9 nitrogen and oxygen atoms in total. The Hall–Kier alpha value is -3.81. The summed E-state index contributed by atoms with van der Waals surface area (Å²) >= 11 is 0. The van der Waals surface area contributed by atoms with E-state index in [9.17, 15) is 14.4 Å². The summed E-state index contributed by atoms with van der Waals surface area (Å²) in [6.07, 6.45) is 1.74. The molecule has 0 bridgehead atoms. The van der Waals surface area contributed by atoms with Crippen LogP contribution in [0.2, 0.25) is 0 Å². The third kappa shape index (κ3) is 4.16. The Balaban J connectivity index is 1.45. The zero-order valence-electron chi connectivity index (χ0n) is 17.8. The van der Waals surface area contributed by atoms with Crippen LogP contribution in [-0.2, 0) is 11.3 Å². The van der Waals surface area contributed by atoms with Gasteiger partial charge in [0.1, 0.15) is 11.6 Å². The molecule has 10 heteroatoms. The molecule has 1 saturated heterocycles. The number of amides is 1. The van der Waals surface area contributed by atoms with Crippen LogP contribution in [0.25, 0.3) is 16.9 Å². The lowest BCUT2D eigenvalue weighted by atomic mass is 10.0. The van der Waals surface area contributed by atoms with E-state index in [1.807, 2.05) is 12.1 Å². The van der Waals surface area contributed by atoms with Crippen LogP contribution >= 0.6 is 0 Å². The highest BCUT2D eigenvalue weighted by Gasteiger charge is 2.28. The first-order chi connectivity index (χ1) is 16.1. The molecule has 0 aliphatic carbocycles. The van der Waals surface area contributed by atoms with Gasteiger partial charge in [0.05, 0.1) is 59.6 Å². The summed E-state index contributed by atoms with van der Waals surface area (Å²) < 4.78 is 21.6. The standard InChI is InChI=1S/C23H22FN7O2/c24-16-3-1-2-15(13-25)21(16)17-12-19(22-18(28-17)14-27-23(22)32)31-6-4-20(29-31)26-5-7-30-8-10-33-11-9-30/h1-4,6,12H,5,7-11,14H2,(H,26,29)(H,27,32). The number of morpholine rings is 1. The Kier molecular flexibility index (Phi) is 5.73. The van der Waals surface area contributed by atoms with Crippen molar-refractivity contribution in [2.75, 3.05) is 44.7 Å². The fraction of sp³-hybridized carbons (Fsp3) is 0.304. The number of fused-ring (bicyclic) bond motifs is 1. The van der Waals surface area contributed by atoms with Gasteiger partial charge in [0.15, 0.2) is 0 Å². The molecule has 3 aromatic rings. The number of carbonyl (C=O) groups excluding carboxylic acids is 1. The number of halogens is 1. The van der Waals surface area contributed by atoms with Gasteiger partial charge in [0.2, 0.25) is 0 Å². The number of benzene rings is 1. The molecule has 0 atom stereocenters. The van der Waals surface area contributed by atoms with Crippen molar-refractivity contribution in [3.05, 3.63) is 59.2 Å². The summed E-state index contributed by atoms with van der Waals surface area (Å²) in [5.41, 5.74) is 1.95. The van der Waals surface area contributed by atoms with Crippen molar-refractivity contribution in [1.82, 2.24) is 25.0 Å². The summed E-state index contributed by atoms with van der Waals surface area (Å²) in [6.45, 7) is 5.16. The molecule has 168 valence electrons. The van der Waals surface area contributed by atoms with Crippen LogP contribution in [0.15, 0.2) is 36.5 Å². The number of hydrogen-bond acceptors (Lipinski definition) is 7. The molecule has 2 N–H and O–H groups in total. The van der Waals surface area contributed by atoms with Gasteiger partial charge in [-0.2, -0.15) is 10.4 Å². The van der Waals surface area contributed by atoms with Crippen molar-refractivity contribution in [1.29, 1.82) is 5.26 Å². The third-order valence-electron chi connectivity index (χ3n) is 5.78. The largest absolute Gasteiger partial charge is 0.379 e. The summed E-state index contributed by atoms with van der Waals surface area (Å²) in [5, 5.41) is 20.1. The van der Waals surface area contributed by atoms with Gasteiger partial charge in [-0.05, 0) is 18.2 Å². The zero-order valence-corrected chi connectivity index (χ0v) is 17.8. The van der Waals surface area contributed by atoms with Gasteiger partial charge in [0, 0.05) is 38.4 Å². The Morgan fingerprint density at radius 3 is 2.91 bits per heavy atom. The first-order valence-electron chi connectivity index (χ1n) is 10.7. The molecule has 0 radical (unpaired) electrons. The summed E-state index contributed by atoms with van der Waals surface area (Å²) in [6, 6.07) is 9.76. The van der Waals surface area contributed by atoms with Crippen molar-refractivity contribution >= 4 is 11.7 Å². The van der Waals surface area contributed by atoms with Gasteiger partial charge < -0.3 is 15.4 Å². The number of pyridine rings is 1. The molecule has 0 spiro atoms. The van der Waals surface area contributed by atoms with E-state index in [2.05, 4.69) is 25.6 Å². The number of nitrogens with zero attached hydrogens (tertiary/aromatic N) is 5. The zero-order chi connectivity index (χ0) is 22.8. The number of rotatable bonds is 6. The molecule has 4 heterocycles. The highest BCUT2D eigenvalue weighted by Crippen LogP contribution is 2.31. The minimum atomic E-state index is -0.546. The lowest BCUT2D eigenvalue weighted by molar-refractivity contribution is 0.0398. The fourth-order valence-electron chi connectivity index (χ4n) is 4.12. The molecule has 2 aliphatic heterocycles. The van der Waals surface area contributed by atoms with E-state index in [1.165, 1.54) is 12.1 Å². The highest BCUT2D eigenvalue weighted by molar-refractivity contribution is 6.01. The molecular weight excluding hydrogens is 425 g/mol. The number of anilines is 1. The maximum atomic E-state index is 14.7. The van der Waals surface area contributed by atoms with Crippen LogP contribution in [0.5, 0.6) is 0 Å². The minimum Gasteiger partial charge on any atom is -0.379 e. The first-order valence-corrected chi connectivity index (χ1v) is 10.7. The Bertz CT molecular complexity index is 1240. The van der Waals surface area contributed by atoms with Crippen molar-refractivity contribution in [3.8, 4) is 23.0 Å². The van der Waals surface area contributed by atoms with Crippen LogP contribution in [0.3, 0.4) is 0 Å². The topological polar surface area (TPSA) is 108 Å². The van der Waals surface area contributed by atoms with Crippen LogP contribution in [0.1, 0.15) is 21.6 Å². The predicted octanol–water partition coefficient (Wildman–Crippen LogP) is 1.93. The van der Waals surface area contributed by atoms with E-state index in [0.717, 1.165) is 39.4 Å². The second-order valence-corrected chi connectivity index (χ2v) is 7.83. The van der Waals surface area contributed by atoms with Gasteiger partial charge in [0.25, 0.3) is 5.91 Å².